The SMILES string of the molecule is O=C(O)c1ccc(C2CCCN(C(=O)CSCCN3CCCC3)C2)cc1. The van der Waals surface area contributed by atoms with Crippen molar-refractivity contribution in [3.8, 4) is 0 Å². The van der Waals surface area contributed by atoms with E-state index in [0.29, 0.717) is 17.2 Å². The van der Waals surface area contributed by atoms with E-state index in [9.17, 15) is 9.59 Å². The molecule has 2 fully saturated rings. The van der Waals surface area contributed by atoms with Crippen LogP contribution in [0.25, 0.3) is 0 Å². The molecule has 26 heavy (non-hydrogen) atoms. The van der Waals surface area contributed by atoms with E-state index >= 15 is 0 Å². The number of carboxylic acids is 1. The van der Waals surface area contributed by atoms with Gasteiger partial charge in [0.05, 0.1) is 11.3 Å². The molecule has 3 rings (SSSR count). The zero-order valence-electron chi connectivity index (χ0n) is 15.2. The maximum atomic E-state index is 12.5. The number of benzene rings is 1. The van der Waals surface area contributed by atoms with E-state index in [0.717, 1.165) is 43.8 Å². The van der Waals surface area contributed by atoms with Crippen LogP contribution in [-0.2, 0) is 4.79 Å². The summed E-state index contributed by atoms with van der Waals surface area (Å²) in [7, 11) is 0. The molecule has 1 N–H and O–H groups in total. The normalized spacial score (nSPS) is 21.1. The Labute approximate surface area is 159 Å². The highest BCUT2D eigenvalue weighted by atomic mass is 32.2. The van der Waals surface area contributed by atoms with Crippen LogP contribution in [-0.4, -0.2) is 71.0 Å². The largest absolute Gasteiger partial charge is 0.478 e. The lowest BCUT2D eigenvalue weighted by Crippen LogP contribution is -2.40. The number of nitrogens with zero attached hydrogens (tertiary/aromatic N) is 2. The lowest BCUT2D eigenvalue weighted by Gasteiger charge is -2.33. The molecular weight excluding hydrogens is 348 g/mol. The van der Waals surface area contributed by atoms with Crippen LogP contribution in [0.5, 0.6) is 0 Å². The molecule has 1 amide bonds. The molecule has 1 aromatic carbocycles. The number of hydrogen-bond donors (Lipinski definition) is 1. The predicted octanol–water partition coefficient (Wildman–Crippen LogP) is 2.92. The number of aromatic carboxylic acids is 1. The Morgan fingerprint density at radius 1 is 1.08 bits per heavy atom. The highest BCUT2D eigenvalue weighted by Crippen LogP contribution is 2.27. The highest BCUT2D eigenvalue weighted by Gasteiger charge is 2.24. The van der Waals surface area contributed by atoms with Gasteiger partial charge in [-0.1, -0.05) is 12.1 Å². The van der Waals surface area contributed by atoms with Crippen molar-refractivity contribution in [1.82, 2.24) is 9.80 Å². The fraction of sp³-hybridized carbons (Fsp3) is 0.600. The van der Waals surface area contributed by atoms with Crippen LogP contribution in [0, 0.1) is 0 Å². The van der Waals surface area contributed by atoms with Gasteiger partial charge in [-0.3, -0.25) is 4.79 Å². The maximum Gasteiger partial charge on any atom is 0.335 e. The smallest absolute Gasteiger partial charge is 0.335 e. The Hall–Kier alpha value is -1.53. The highest BCUT2D eigenvalue weighted by molar-refractivity contribution is 7.99. The summed E-state index contributed by atoms with van der Waals surface area (Å²) in [6, 6.07) is 7.11. The topological polar surface area (TPSA) is 60.9 Å². The summed E-state index contributed by atoms with van der Waals surface area (Å²) in [5.41, 5.74) is 1.45. The molecular formula is C20H28N2O3S. The summed E-state index contributed by atoms with van der Waals surface area (Å²) in [6.07, 6.45) is 4.69. The number of piperidine rings is 1. The van der Waals surface area contributed by atoms with E-state index in [1.165, 1.54) is 25.9 Å². The number of carboxylic acid groups (broad SMARTS) is 1. The standard InChI is InChI=1S/C20H28N2O3S/c23-19(15-26-13-12-21-9-1-2-10-21)22-11-3-4-18(14-22)16-5-7-17(8-6-16)20(24)25/h5-8,18H,1-4,9-15H2,(H,24,25). The van der Waals surface area contributed by atoms with Crippen molar-refractivity contribution in [2.75, 3.05) is 44.2 Å². The van der Waals surface area contributed by atoms with Gasteiger partial charge < -0.3 is 14.9 Å². The number of carbonyl (C=O) groups is 2. The van der Waals surface area contributed by atoms with Gasteiger partial charge in [0, 0.05) is 31.3 Å². The molecule has 1 aromatic rings. The summed E-state index contributed by atoms with van der Waals surface area (Å²) < 4.78 is 0. The first-order chi connectivity index (χ1) is 12.6. The first-order valence-corrected chi connectivity index (χ1v) is 10.7. The van der Waals surface area contributed by atoms with Crippen molar-refractivity contribution in [2.45, 2.75) is 31.6 Å². The van der Waals surface area contributed by atoms with Gasteiger partial charge in [-0.25, -0.2) is 4.79 Å². The summed E-state index contributed by atoms with van der Waals surface area (Å²) in [5, 5.41) is 9.01. The van der Waals surface area contributed by atoms with Gasteiger partial charge in [0.15, 0.2) is 0 Å². The Kier molecular flexibility index (Phi) is 6.97. The number of likely N-dealkylation sites (tertiary alicyclic amines) is 2. The second-order valence-corrected chi connectivity index (χ2v) is 8.31. The van der Waals surface area contributed by atoms with Crippen molar-refractivity contribution in [3.63, 3.8) is 0 Å². The fourth-order valence-corrected chi connectivity index (χ4v) is 4.71. The van der Waals surface area contributed by atoms with Crippen LogP contribution in [0.15, 0.2) is 24.3 Å². The minimum Gasteiger partial charge on any atom is -0.478 e. The summed E-state index contributed by atoms with van der Waals surface area (Å²) in [6.45, 7) is 5.11. The first-order valence-electron chi connectivity index (χ1n) is 9.54. The van der Waals surface area contributed by atoms with Gasteiger partial charge in [-0.2, -0.15) is 11.8 Å². The molecule has 6 heteroatoms. The fourth-order valence-electron chi connectivity index (χ4n) is 3.82. The molecule has 2 aliphatic rings. The Morgan fingerprint density at radius 3 is 2.50 bits per heavy atom. The van der Waals surface area contributed by atoms with E-state index in [-0.39, 0.29) is 5.91 Å². The second kappa shape index (κ2) is 9.42. The van der Waals surface area contributed by atoms with E-state index in [2.05, 4.69) is 4.90 Å². The first kappa shape index (κ1) is 19.2. The third kappa shape index (κ3) is 5.24. The van der Waals surface area contributed by atoms with Crippen LogP contribution < -0.4 is 0 Å². The van der Waals surface area contributed by atoms with Gasteiger partial charge >= 0.3 is 5.97 Å². The van der Waals surface area contributed by atoms with Crippen LogP contribution in [0.2, 0.25) is 0 Å². The van der Waals surface area contributed by atoms with E-state index in [4.69, 9.17) is 5.11 Å². The minimum absolute atomic E-state index is 0.239. The van der Waals surface area contributed by atoms with E-state index in [1.54, 1.807) is 23.9 Å². The molecule has 0 aromatic heterocycles. The summed E-state index contributed by atoms with van der Waals surface area (Å²) in [4.78, 5) is 28.0. The quantitative estimate of drug-likeness (QED) is 0.742. The van der Waals surface area contributed by atoms with Crippen molar-refractivity contribution >= 4 is 23.6 Å². The van der Waals surface area contributed by atoms with Crippen molar-refractivity contribution in [2.24, 2.45) is 0 Å². The van der Waals surface area contributed by atoms with Gasteiger partial charge in [0.25, 0.3) is 0 Å². The zero-order chi connectivity index (χ0) is 18.4. The van der Waals surface area contributed by atoms with Crippen molar-refractivity contribution in [1.29, 1.82) is 0 Å². The Morgan fingerprint density at radius 2 is 1.81 bits per heavy atom. The third-order valence-electron chi connectivity index (χ3n) is 5.38. The van der Waals surface area contributed by atoms with Crippen LogP contribution in [0.4, 0.5) is 0 Å². The Balaban J connectivity index is 1.44. The number of carbonyl (C=O) groups excluding carboxylic acids is 1. The molecule has 2 saturated heterocycles. The van der Waals surface area contributed by atoms with Gasteiger partial charge in [-0.15, -0.1) is 0 Å². The number of hydrogen-bond acceptors (Lipinski definition) is 4. The third-order valence-corrected chi connectivity index (χ3v) is 6.30. The lowest BCUT2D eigenvalue weighted by molar-refractivity contribution is -0.129. The van der Waals surface area contributed by atoms with Crippen molar-refractivity contribution < 1.29 is 14.7 Å². The summed E-state index contributed by atoms with van der Waals surface area (Å²) in [5.74, 6) is 1.24. The van der Waals surface area contributed by atoms with Crippen LogP contribution >= 0.6 is 11.8 Å². The molecule has 0 bridgehead atoms. The molecule has 0 saturated carbocycles. The Bertz CT molecular complexity index is 614. The van der Waals surface area contributed by atoms with Gasteiger partial charge in [0.2, 0.25) is 5.91 Å². The average Bonchev–Trinajstić information content (AvgIpc) is 3.19. The molecule has 2 aliphatic heterocycles. The van der Waals surface area contributed by atoms with Crippen molar-refractivity contribution in [3.05, 3.63) is 35.4 Å². The average molecular weight is 377 g/mol. The van der Waals surface area contributed by atoms with E-state index < -0.39 is 5.97 Å². The van der Waals surface area contributed by atoms with Gasteiger partial charge in [-0.05, 0) is 56.5 Å². The molecule has 1 unspecified atom stereocenters. The molecule has 0 radical (unpaired) electrons. The van der Waals surface area contributed by atoms with Crippen LogP contribution in [0.1, 0.15) is 47.5 Å². The second-order valence-electron chi connectivity index (χ2n) is 7.21. The molecule has 0 spiro atoms. The van der Waals surface area contributed by atoms with Crippen LogP contribution in [0.3, 0.4) is 0 Å². The zero-order valence-corrected chi connectivity index (χ0v) is 16.0. The number of amides is 1. The monoisotopic (exact) mass is 376 g/mol. The predicted molar refractivity (Wildman–Crippen MR) is 105 cm³/mol. The molecule has 2 heterocycles. The molecule has 1 atom stereocenters. The van der Waals surface area contributed by atoms with E-state index in [1.807, 2.05) is 17.0 Å². The lowest BCUT2D eigenvalue weighted by atomic mass is 9.90. The molecule has 142 valence electrons. The van der Waals surface area contributed by atoms with Gasteiger partial charge in [0.1, 0.15) is 0 Å². The molecule has 5 nitrogen and oxygen atoms in total. The molecule has 0 aliphatic carbocycles. The number of rotatable bonds is 7. The maximum absolute atomic E-state index is 12.5. The minimum atomic E-state index is -0.900. The summed E-state index contributed by atoms with van der Waals surface area (Å²) >= 11 is 1.75. The number of thioether (sulfide) groups is 1.